The van der Waals surface area contributed by atoms with Gasteiger partial charge in [0.1, 0.15) is 22.5 Å². The highest BCUT2D eigenvalue weighted by Crippen LogP contribution is 2.36. The van der Waals surface area contributed by atoms with Crippen LogP contribution in [0.4, 0.5) is 0 Å². The van der Waals surface area contributed by atoms with Crippen LogP contribution in [0.2, 0.25) is 0 Å². The quantitative estimate of drug-likeness (QED) is 0.701. The van der Waals surface area contributed by atoms with Crippen molar-refractivity contribution in [2.45, 2.75) is 36.8 Å². The predicted molar refractivity (Wildman–Crippen MR) is 113 cm³/mol. The Morgan fingerprint density at radius 2 is 1.97 bits per heavy atom. The van der Waals surface area contributed by atoms with Gasteiger partial charge < -0.3 is 19.1 Å². The molecule has 0 spiro atoms. The fourth-order valence-corrected chi connectivity index (χ4v) is 5.97. The third-order valence-corrected chi connectivity index (χ3v) is 7.76. The third kappa shape index (κ3) is 4.32. The minimum absolute atomic E-state index is 0.202. The molecule has 1 fully saturated rings. The van der Waals surface area contributed by atoms with Crippen molar-refractivity contribution < 1.29 is 22.5 Å². The van der Waals surface area contributed by atoms with E-state index in [4.69, 9.17) is 9.26 Å². The third-order valence-electron chi connectivity index (χ3n) is 5.79. The lowest BCUT2D eigenvalue weighted by atomic mass is 10.1. The van der Waals surface area contributed by atoms with Crippen LogP contribution in [0, 0.1) is 6.92 Å². The highest BCUT2D eigenvalue weighted by molar-refractivity contribution is 7.89. The monoisotopic (exact) mass is 448 g/mol. The van der Waals surface area contributed by atoms with Crippen LogP contribution in [-0.4, -0.2) is 86.0 Å². The Morgan fingerprint density at radius 3 is 2.68 bits per heavy atom. The number of aromatic nitrogens is 1. The molecule has 1 saturated heterocycles. The second-order valence-corrected chi connectivity index (χ2v) is 10.1. The summed E-state index contributed by atoms with van der Waals surface area (Å²) in [5, 5.41) is 3.83. The van der Waals surface area contributed by atoms with E-state index < -0.39 is 10.0 Å². The van der Waals surface area contributed by atoms with Gasteiger partial charge in [-0.25, -0.2) is 8.42 Å². The molecule has 1 aromatic heterocycles. The predicted octanol–water partition coefficient (Wildman–Crippen LogP) is 1.60. The number of rotatable bonds is 4. The number of benzene rings is 1. The topological polar surface area (TPSA) is 96.2 Å². The number of ether oxygens (including phenoxy) is 1. The van der Waals surface area contributed by atoms with Gasteiger partial charge in [-0.15, -0.1) is 0 Å². The van der Waals surface area contributed by atoms with Gasteiger partial charge in [0.15, 0.2) is 5.69 Å². The zero-order valence-corrected chi connectivity index (χ0v) is 18.8. The van der Waals surface area contributed by atoms with Crippen LogP contribution < -0.4 is 4.74 Å². The Labute approximate surface area is 182 Å². The maximum Gasteiger partial charge on any atom is 0.276 e. The van der Waals surface area contributed by atoms with Crippen molar-refractivity contribution in [3.63, 3.8) is 0 Å². The number of amides is 1. The normalized spacial score (nSPS) is 23.4. The van der Waals surface area contributed by atoms with Gasteiger partial charge in [-0.1, -0.05) is 17.3 Å². The Morgan fingerprint density at radius 1 is 1.23 bits per heavy atom. The first kappa shape index (κ1) is 21.8. The van der Waals surface area contributed by atoms with Crippen molar-refractivity contribution in [3.8, 4) is 5.75 Å². The highest BCUT2D eigenvalue weighted by atomic mass is 32.2. The lowest BCUT2D eigenvalue weighted by Gasteiger charge is -2.32. The first-order valence-corrected chi connectivity index (χ1v) is 11.9. The maximum atomic E-state index is 13.6. The van der Waals surface area contributed by atoms with Crippen LogP contribution in [0.3, 0.4) is 0 Å². The number of likely N-dealkylation sites (N-methyl/N-ethyl adjacent to an activating group) is 1. The van der Waals surface area contributed by atoms with Gasteiger partial charge in [0, 0.05) is 38.7 Å². The van der Waals surface area contributed by atoms with Crippen molar-refractivity contribution in [1.29, 1.82) is 0 Å². The van der Waals surface area contributed by atoms with Gasteiger partial charge in [0.2, 0.25) is 10.0 Å². The smallest absolute Gasteiger partial charge is 0.276 e. The number of hydrogen-bond donors (Lipinski definition) is 0. The minimum Gasteiger partial charge on any atom is -0.487 e. The van der Waals surface area contributed by atoms with E-state index in [0.717, 1.165) is 0 Å². The molecule has 4 rings (SSSR count). The largest absolute Gasteiger partial charge is 0.487 e. The summed E-state index contributed by atoms with van der Waals surface area (Å²) in [5.41, 5.74) is 0.267. The van der Waals surface area contributed by atoms with Gasteiger partial charge in [0.25, 0.3) is 5.91 Å². The molecule has 168 valence electrons. The van der Waals surface area contributed by atoms with E-state index in [9.17, 15) is 13.2 Å². The molecule has 10 heteroatoms. The number of sulfonamides is 1. The summed E-state index contributed by atoms with van der Waals surface area (Å²) in [5.74, 6) is 0.734. The summed E-state index contributed by atoms with van der Waals surface area (Å²) in [4.78, 5) is 16.8. The molecule has 0 saturated carbocycles. The molecule has 0 aliphatic carbocycles. The Balaban J connectivity index is 1.65. The zero-order valence-electron chi connectivity index (χ0n) is 18.0. The molecule has 2 aliphatic heterocycles. The van der Waals surface area contributed by atoms with E-state index in [0.29, 0.717) is 50.5 Å². The number of fused-ring (bicyclic) bond motifs is 2. The first-order valence-electron chi connectivity index (χ1n) is 10.4. The lowest BCUT2D eigenvalue weighted by molar-refractivity contribution is 0.0744. The molecule has 2 aromatic rings. The SMILES string of the molecule is Cc1cc(C(=O)N2CC[C@@H]3Oc4ccccc4S(=O)(=O)N(CCN(C)C)[C@H]3CC2)no1. The number of hydrogen-bond acceptors (Lipinski definition) is 7. The standard InChI is InChI=1S/C21H28N4O5S/c1-15-14-16(22-30-15)21(26)24-10-8-17-18(9-11-24)29-19-6-4-5-7-20(19)31(27,28)25(17)13-12-23(2)3/h4-7,14,17-18H,8-13H2,1-3H3/t17-,18-/m0/s1. The molecule has 0 unspecified atom stereocenters. The number of likely N-dealkylation sites (tertiary alicyclic amines) is 1. The molecule has 0 radical (unpaired) electrons. The van der Waals surface area contributed by atoms with E-state index >= 15 is 0 Å². The number of carbonyl (C=O) groups is 1. The number of aryl methyl sites for hydroxylation is 1. The molecule has 0 bridgehead atoms. The zero-order chi connectivity index (χ0) is 22.2. The highest BCUT2D eigenvalue weighted by Gasteiger charge is 2.43. The average molecular weight is 449 g/mol. The van der Waals surface area contributed by atoms with Crippen molar-refractivity contribution >= 4 is 15.9 Å². The van der Waals surface area contributed by atoms with E-state index in [1.165, 1.54) is 0 Å². The van der Waals surface area contributed by atoms with Crippen LogP contribution in [0.1, 0.15) is 29.1 Å². The minimum atomic E-state index is -3.74. The van der Waals surface area contributed by atoms with Crippen LogP contribution >= 0.6 is 0 Å². The molecular formula is C21H28N4O5S. The molecule has 0 N–H and O–H groups in total. The molecule has 1 amide bonds. The van der Waals surface area contributed by atoms with Crippen molar-refractivity contribution in [3.05, 3.63) is 41.8 Å². The van der Waals surface area contributed by atoms with E-state index in [1.54, 1.807) is 46.5 Å². The van der Waals surface area contributed by atoms with Crippen molar-refractivity contribution in [2.75, 3.05) is 40.3 Å². The van der Waals surface area contributed by atoms with Crippen LogP contribution in [0.5, 0.6) is 5.75 Å². The summed E-state index contributed by atoms with van der Waals surface area (Å²) >= 11 is 0. The molecule has 2 aliphatic rings. The summed E-state index contributed by atoms with van der Waals surface area (Å²) in [6.07, 6.45) is 0.654. The first-order chi connectivity index (χ1) is 14.8. The molecule has 9 nitrogen and oxygen atoms in total. The van der Waals surface area contributed by atoms with Crippen LogP contribution in [0.15, 0.2) is 39.8 Å². The van der Waals surface area contributed by atoms with E-state index in [-0.39, 0.29) is 28.6 Å². The van der Waals surface area contributed by atoms with Gasteiger partial charge in [-0.2, -0.15) is 4.31 Å². The van der Waals surface area contributed by atoms with Gasteiger partial charge in [-0.3, -0.25) is 4.79 Å². The molecular weight excluding hydrogens is 420 g/mol. The second kappa shape index (κ2) is 8.60. The van der Waals surface area contributed by atoms with Crippen molar-refractivity contribution in [2.24, 2.45) is 0 Å². The molecule has 2 atom stereocenters. The Kier molecular flexibility index (Phi) is 6.05. The van der Waals surface area contributed by atoms with Crippen LogP contribution in [-0.2, 0) is 10.0 Å². The summed E-state index contributed by atoms with van der Waals surface area (Å²) < 4.78 is 40.0. The summed E-state index contributed by atoms with van der Waals surface area (Å²) in [7, 11) is 0.0956. The Hall–Kier alpha value is -2.43. The van der Waals surface area contributed by atoms with Gasteiger partial charge in [-0.05, 0) is 39.6 Å². The van der Waals surface area contributed by atoms with Gasteiger partial charge >= 0.3 is 0 Å². The Bertz CT molecular complexity index is 1050. The fraction of sp³-hybridized carbons (Fsp3) is 0.524. The summed E-state index contributed by atoms with van der Waals surface area (Å²) in [6.45, 7) is 3.55. The van der Waals surface area contributed by atoms with Gasteiger partial charge in [0.05, 0.1) is 6.04 Å². The van der Waals surface area contributed by atoms with E-state index in [2.05, 4.69) is 5.16 Å². The van der Waals surface area contributed by atoms with Crippen LogP contribution in [0.25, 0.3) is 0 Å². The number of para-hydroxylation sites is 1. The molecule has 3 heterocycles. The fourth-order valence-electron chi connectivity index (χ4n) is 4.17. The van der Waals surface area contributed by atoms with E-state index in [1.807, 2.05) is 19.0 Å². The van der Waals surface area contributed by atoms with Crippen molar-refractivity contribution in [1.82, 2.24) is 19.3 Å². The average Bonchev–Trinajstić information content (AvgIpc) is 3.02. The second-order valence-electron chi connectivity index (χ2n) is 8.28. The summed E-state index contributed by atoms with van der Waals surface area (Å²) in [6, 6.07) is 8.04. The maximum absolute atomic E-state index is 13.6. The molecule has 1 aromatic carbocycles. The lowest BCUT2D eigenvalue weighted by Crippen LogP contribution is -2.49. The number of carbonyl (C=O) groups excluding carboxylic acids is 1. The molecule has 31 heavy (non-hydrogen) atoms. The number of nitrogens with zero attached hydrogens (tertiary/aromatic N) is 4.